The molecule has 3 aromatic rings. The van der Waals surface area contributed by atoms with Gasteiger partial charge < -0.3 is 10.1 Å². The van der Waals surface area contributed by atoms with Crippen LogP contribution in [0.1, 0.15) is 11.1 Å². The van der Waals surface area contributed by atoms with Crippen molar-refractivity contribution in [2.45, 2.75) is 12.1 Å². The Labute approximate surface area is 159 Å². The predicted molar refractivity (Wildman–Crippen MR) is 104 cm³/mol. The number of rotatable bonds is 5. The van der Waals surface area contributed by atoms with Gasteiger partial charge in [0, 0.05) is 5.56 Å². The molecule has 0 aliphatic rings. The molecule has 0 bridgehead atoms. The van der Waals surface area contributed by atoms with Crippen LogP contribution in [0.15, 0.2) is 58.5 Å². The van der Waals surface area contributed by atoms with Crippen LogP contribution in [0.5, 0.6) is 0 Å². The first-order valence-corrected chi connectivity index (χ1v) is 9.03. The Morgan fingerprint density at radius 3 is 2.22 bits per heavy atom. The number of aliphatic carboxylic acids is 1. The van der Waals surface area contributed by atoms with Crippen molar-refractivity contribution in [3.05, 3.63) is 70.0 Å². The van der Waals surface area contributed by atoms with Crippen molar-refractivity contribution >= 4 is 17.7 Å². The molecule has 6 nitrogen and oxygen atoms in total. The lowest BCUT2D eigenvalue weighted by Gasteiger charge is -2.07. The van der Waals surface area contributed by atoms with E-state index in [0.29, 0.717) is 5.56 Å². The van der Waals surface area contributed by atoms with E-state index < -0.39 is 11.5 Å². The van der Waals surface area contributed by atoms with Crippen molar-refractivity contribution in [1.82, 2.24) is 9.97 Å². The lowest BCUT2D eigenvalue weighted by Crippen LogP contribution is -2.15. The van der Waals surface area contributed by atoms with Gasteiger partial charge in [-0.05, 0) is 18.1 Å². The summed E-state index contributed by atoms with van der Waals surface area (Å²) in [5.41, 5.74) is 3.41. The number of H-pyrrole nitrogens is 1. The number of carbonyl (C=O) groups is 1. The largest absolute Gasteiger partial charge is 0.481 e. The number of nitriles is 1. The summed E-state index contributed by atoms with van der Waals surface area (Å²) in [5, 5.41) is 18.3. The highest BCUT2D eigenvalue weighted by molar-refractivity contribution is 7.99. The van der Waals surface area contributed by atoms with E-state index in [2.05, 4.69) is 9.97 Å². The second-order valence-electron chi connectivity index (χ2n) is 5.83. The summed E-state index contributed by atoms with van der Waals surface area (Å²) in [6.07, 6.45) is 0. The second-order valence-corrected chi connectivity index (χ2v) is 6.80. The van der Waals surface area contributed by atoms with Crippen LogP contribution in [-0.2, 0) is 4.79 Å². The normalized spacial score (nSPS) is 10.4. The number of nitrogens with zero attached hydrogens (tertiary/aromatic N) is 2. The summed E-state index contributed by atoms with van der Waals surface area (Å²) >= 11 is 0.896. The van der Waals surface area contributed by atoms with Crippen LogP contribution in [0.25, 0.3) is 22.4 Å². The zero-order chi connectivity index (χ0) is 19.4. The Bertz CT molecular complexity index is 1080. The molecular formula is C20H15N3O3S. The topological polar surface area (TPSA) is 107 Å². The number of hydrogen-bond acceptors (Lipinski definition) is 5. The van der Waals surface area contributed by atoms with E-state index >= 15 is 0 Å². The quantitative estimate of drug-likeness (QED) is 0.521. The lowest BCUT2D eigenvalue weighted by molar-refractivity contribution is -0.133. The number of aromatic amines is 1. The summed E-state index contributed by atoms with van der Waals surface area (Å²) in [6, 6.07) is 17.4. The molecule has 2 aromatic carbocycles. The molecule has 1 aromatic heterocycles. The number of aromatic nitrogens is 2. The number of nitrogens with one attached hydrogen (secondary N) is 1. The van der Waals surface area contributed by atoms with E-state index in [1.807, 2.05) is 49.4 Å². The Hall–Kier alpha value is -3.37. The van der Waals surface area contributed by atoms with Crippen molar-refractivity contribution in [3.8, 4) is 28.5 Å². The number of carboxylic acids is 1. The highest BCUT2D eigenvalue weighted by Crippen LogP contribution is 2.26. The molecule has 2 N–H and O–H groups in total. The van der Waals surface area contributed by atoms with Gasteiger partial charge in [0.15, 0.2) is 5.16 Å². The van der Waals surface area contributed by atoms with Gasteiger partial charge in [0.1, 0.15) is 11.6 Å². The van der Waals surface area contributed by atoms with Crippen LogP contribution < -0.4 is 5.56 Å². The summed E-state index contributed by atoms with van der Waals surface area (Å²) in [5.74, 6) is -1.25. The number of aryl methyl sites for hydroxylation is 1. The Morgan fingerprint density at radius 2 is 1.67 bits per heavy atom. The van der Waals surface area contributed by atoms with Crippen LogP contribution in [0.2, 0.25) is 0 Å². The van der Waals surface area contributed by atoms with Gasteiger partial charge in [-0.3, -0.25) is 9.59 Å². The highest BCUT2D eigenvalue weighted by Gasteiger charge is 2.14. The first kappa shape index (κ1) is 18.4. The molecule has 134 valence electrons. The zero-order valence-electron chi connectivity index (χ0n) is 14.4. The van der Waals surface area contributed by atoms with Crippen molar-refractivity contribution < 1.29 is 9.90 Å². The van der Waals surface area contributed by atoms with E-state index in [9.17, 15) is 14.9 Å². The molecule has 0 atom stereocenters. The molecule has 0 saturated heterocycles. The molecule has 0 saturated carbocycles. The third-order valence-electron chi connectivity index (χ3n) is 3.89. The monoisotopic (exact) mass is 377 g/mol. The Morgan fingerprint density at radius 1 is 1.11 bits per heavy atom. The minimum Gasteiger partial charge on any atom is -0.481 e. The maximum Gasteiger partial charge on any atom is 0.313 e. The van der Waals surface area contributed by atoms with Crippen LogP contribution >= 0.6 is 11.8 Å². The Balaban J connectivity index is 1.99. The standard InChI is InChI=1S/C20H15N3O3S/c1-12-2-4-13(5-3-12)14-6-8-15(9-7-14)18-16(10-21)19(26)23-20(22-18)27-11-17(24)25/h2-9H,11H2,1H3,(H,24,25)(H,22,23,26). The summed E-state index contributed by atoms with van der Waals surface area (Å²) < 4.78 is 0. The maximum atomic E-state index is 12.2. The fourth-order valence-corrected chi connectivity index (χ4v) is 3.11. The SMILES string of the molecule is Cc1ccc(-c2ccc(-c3nc(SCC(=O)O)[nH]c(=O)c3C#N)cc2)cc1. The molecule has 0 radical (unpaired) electrons. The number of carboxylic acid groups (broad SMARTS) is 1. The smallest absolute Gasteiger partial charge is 0.313 e. The van der Waals surface area contributed by atoms with E-state index in [1.165, 1.54) is 5.56 Å². The van der Waals surface area contributed by atoms with Crippen molar-refractivity contribution in [2.24, 2.45) is 0 Å². The predicted octanol–water partition coefficient (Wildman–Crippen LogP) is 3.46. The molecule has 0 fully saturated rings. The van der Waals surface area contributed by atoms with Gasteiger partial charge in [0.2, 0.25) is 0 Å². The van der Waals surface area contributed by atoms with Gasteiger partial charge in [-0.15, -0.1) is 0 Å². The van der Waals surface area contributed by atoms with Crippen LogP contribution in [0.4, 0.5) is 0 Å². The number of hydrogen-bond donors (Lipinski definition) is 2. The maximum absolute atomic E-state index is 12.2. The molecule has 0 aliphatic carbocycles. The summed E-state index contributed by atoms with van der Waals surface area (Å²) in [7, 11) is 0. The minimum atomic E-state index is -1.02. The van der Waals surface area contributed by atoms with Gasteiger partial charge in [-0.1, -0.05) is 65.9 Å². The second kappa shape index (κ2) is 7.89. The van der Waals surface area contributed by atoms with Crippen molar-refractivity contribution in [2.75, 3.05) is 5.75 Å². The minimum absolute atomic E-state index is 0.0993. The van der Waals surface area contributed by atoms with Gasteiger partial charge >= 0.3 is 5.97 Å². The number of thioether (sulfide) groups is 1. The summed E-state index contributed by atoms with van der Waals surface area (Å²) in [4.78, 5) is 29.6. The molecule has 0 amide bonds. The van der Waals surface area contributed by atoms with Gasteiger partial charge in [0.05, 0.1) is 11.4 Å². The van der Waals surface area contributed by atoms with Gasteiger partial charge in [-0.2, -0.15) is 5.26 Å². The summed E-state index contributed by atoms with van der Waals surface area (Å²) in [6.45, 7) is 2.02. The van der Waals surface area contributed by atoms with E-state index in [4.69, 9.17) is 5.11 Å². The molecular weight excluding hydrogens is 362 g/mol. The highest BCUT2D eigenvalue weighted by atomic mass is 32.2. The van der Waals surface area contributed by atoms with Gasteiger partial charge in [-0.25, -0.2) is 4.98 Å². The first-order chi connectivity index (χ1) is 13.0. The van der Waals surface area contributed by atoms with Crippen LogP contribution in [0, 0.1) is 18.3 Å². The van der Waals surface area contributed by atoms with Gasteiger partial charge in [0.25, 0.3) is 5.56 Å². The van der Waals surface area contributed by atoms with Crippen molar-refractivity contribution in [3.63, 3.8) is 0 Å². The molecule has 0 unspecified atom stereocenters. The Kier molecular flexibility index (Phi) is 5.38. The molecule has 1 heterocycles. The average molecular weight is 377 g/mol. The van der Waals surface area contributed by atoms with E-state index in [-0.39, 0.29) is 22.2 Å². The third kappa shape index (κ3) is 4.25. The molecule has 0 aliphatic heterocycles. The van der Waals surface area contributed by atoms with Crippen molar-refractivity contribution in [1.29, 1.82) is 5.26 Å². The number of benzene rings is 2. The third-order valence-corrected chi connectivity index (χ3v) is 4.74. The zero-order valence-corrected chi connectivity index (χ0v) is 15.2. The fraction of sp³-hybridized carbons (Fsp3) is 0.100. The average Bonchev–Trinajstić information content (AvgIpc) is 2.66. The molecule has 0 spiro atoms. The van der Waals surface area contributed by atoms with E-state index in [0.717, 1.165) is 22.9 Å². The van der Waals surface area contributed by atoms with E-state index in [1.54, 1.807) is 12.1 Å². The lowest BCUT2D eigenvalue weighted by atomic mass is 10.0. The molecule has 3 rings (SSSR count). The molecule has 27 heavy (non-hydrogen) atoms. The van der Waals surface area contributed by atoms with Crippen LogP contribution in [0.3, 0.4) is 0 Å². The molecule has 7 heteroatoms. The first-order valence-electron chi connectivity index (χ1n) is 8.04. The van der Waals surface area contributed by atoms with Crippen LogP contribution in [-0.4, -0.2) is 26.8 Å². The fourth-order valence-electron chi connectivity index (χ4n) is 2.53.